The van der Waals surface area contributed by atoms with E-state index in [1.54, 1.807) is 12.1 Å². The highest BCUT2D eigenvalue weighted by Gasteiger charge is 2.46. The Labute approximate surface area is 190 Å². The number of allylic oxidation sites excluding steroid dienone is 1. The Morgan fingerprint density at radius 2 is 1.97 bits per heavy atom. The molecule has 0 saturated carbocycles. The first-order valence-electron chi connectivity index (χ1n) is 11.2. The van der Waals surface area contributed by atoms with Gasteiger partial charge >= 0.3 is 0 Å². The first-order valence-corrected chi connectivity index (χ1v) is 12.9. The lowest BCUT2D eigenvalue weighted by atomic mass is 9.95. The van der Waals surface area contributed by atoms with E-state index in [4.69, 9.17) is 9.47 Å². The summed E-state index contributed by atoms with van der Waals surface area (Å²) in [5.41, 5.74) is 4.00. The molecule has 6 heteroatoms. The van der Waals surface area contributed by atoms with Crippen molar-refractivity contribution in [3.8, 4) is 11.5 Å². The van der Waals surface area contributed by atoms with Gasteiger partial charge < -0.3 is 14.6 Å². The number of phenols is 1. The quantitative estimate of drug-likeness (QED) is 0.544. The Bertz CT molecular complexity index is 1100. The van der Waals surface area contributed by atoms with Crippen LogP contribution in [0, 0.1) is 0 Å². The maximum Gasteiger partial charge on any atom is 0.163 e. The van der Waals surface area contributed by atoms with Crippen LogP contribution in [0.5, 0.6) is 11.5 Å². The second-order valence-electron chi connectivity index (χ2n) is 8.46. The van der Waals surface area contributed by atoms with Crippen LogP contribution in [0.4, 0.5) is 0 Å². The standard InChI is InChI=1S/C26H30O5S/c1-2-7-19(14-20-8-6-9-22(27)15-20)12-13-24-26-21(16-30-23-10-4-3-5-11-23)18-32(28,29)25(26)17-31-24/h3-6,8-11,14-15,24-25,27H,2,7,12-13,16-18H2,1H3/b19-14+/t24-,25+/m1/s1. The molecule has 0 radical (unpaired) electrons. The van der Waals surface area contributed by atoms with Crippen LogP contribution in [0.25, 0.3) is 6.08 Å². The van der Waals surface area contributed by atoms with Gasteiger partial charge in [-0.15, -0.1) is 0 Å². The Kier molecular flexibility index (Phi) is 7.01. The monoisotopic (exact) mass is 454 g/mol. The van der Waals surface area contributed by atoms with Gasteiger partial charge in [0.05, 0.1) is 18.5 Å². The number of hydrogen-bond acceptors (Lipinski definition) is 5. The van der Waals surface area contributed by atoms with E-state index >= 15 is 0 Å². The lowest BCUT2D eigenvalue weighted by molar-refractivity contribution is 0.117. The second-order valence-corrected chi connectivity index (χ2v) is 10.6. The van der Waals surface area contributed by atoms with Gasteiger partial charge in [0, 0.05) is 0 Å². The van der Waals surface area contributed by atoms with Crippen molar-refractivity contribution >= 4 is 15.9 Å². The molecule has 32 heavy (non-hydrogen) atoms. The average Bonchev–Trinajstić information content (AvgIpc) is 3.31. The summed E-state index contributed by atoms with van der Waals surface area (Å²) < 4.78 is 37.3. The average molecular weight is 455 g/mol. The molecule has 4 rings (SSSR count). The van der Waals surface area contributed by atoms with Gasteiger partial charge in [-0.2, -0.15) is 0 Å². The van der Waals surface area contributed by atoms with Gasteiger partial charge in [0.2, 0.25) is 0 Å². The van der Waals surface area contributed by atoms with Crippen LogP contribution in [0.2, 0.25) is 0 Å². The predicted molar refractivity (Wildman–Crippen MR) is 127 cm³/mol. The van der Waals surface area contributed by atoms with Gasteiger partial charge in [-0.25, -0.2) is 8.42 Å². The molecule has 2 aliphatic rings. The summed E-state index contributed by atoms with van der Waals surface area (Å²) in [6.45, 7) is 2.65. The van der Waals surface area contributed by atoms with Crippen LogP contribution in [0.3, 0.4) is 0 Å². The second kappa shape index (κ2) is 9.92. The third-order valence-electron chi connectivity index (χ3n) is 6.06. The largest absolute Gasteiger partial charge is 0.508 e. The molecule has 170 valence electrons. The van der Waals surface area contributed by atoms with Gasteiger partial charge in [0.1, 0.15) is 23.4 Å². The van der Waals surface area contributed by atoms with Crippen molar-refractivity contribution in [1.29, 1.82) is 0 Å². The number of rotatable bonds is 9. The summed E-state index contributed by atoms with van der Waals surface area (Å²) >= 11 is 0. The van der Waals surface area contributed by atoms with Crippen LogP contribution in [0.15, 0.2) is 71.3 Å². The summed E-state index contributed by atoms with van der Waals surface area (Å²) in [6.07, 6.45) is 5.45. The molecule has 0 bridgehead atoms. The lowest BCUT2D eigenvalue weighted by Crippen LogP contribution is -2.19. The van der Waals surface area contributed by atoms with Crippen LogP contribution in [0.1, 0.15) is 38.2 Å². The van der Waals surface area contributed by atoms with Gasteiger partial charge in [-0.1, -0.05) is 55.3 Å². The molecule has 0 aliphatic carbocycles. The van der Waals surface area contributed by atoms with Crippen LogP contribution in [-0.2, 0) is 14.6 Å². The van der Waals surface area contributed by atoms with Crippen LogP contribution in [-0.4, -0.2) is 43.8 Å². The van der Waals surface area contributed by atoms with Crippen molar-refractivity contribution in [2.24, 2.45) is 0 Å². The van der Waals surface area contributed by atoms with Gasteiger partial charge in [-0.05, 0) is 60.2 Å². The Morgan fingerprint density at radius 1 is 1.16 bits per heavy atom. The van der Waals surface area contributed by atoms with E-state index in [2.05, 4.69) is 13.0 Å². The highest BCUT2D eigenvalue weighted by molar-refractivity contribution is 7.92. The van der Waals surface area contributed by atoms with E-state index in [9.17, 15) is 13.5 Å². The fraction of sp³-hybridized carbons (Fsp3) is 0.385. The minimum absolute atomic E-state index is 0.0562. The molecular weight excluding hydrogens is 424 g/mol. The van der Waals surface area contributed by atoms with E-state index in [0.717, 1.165) is 48.1 Å². The van der Waals surface area contributed by atoms with Crippen molar-refractivity contribution in [2.45, 2.75) is 44.0 Å². The SMILES string of the molecule is CCC/C(=C\c1cccc(O)c1)CC[C@H]1OC[C@H]2C1=C(COc1ccccc1)CS2(=O)=O. The van der Waals surface area contributed by atoms with E-state index in [-0.39, 0.29) is 30.8 Å². The van der Waals surface area contributed by atoms with E-state index < -0.39 is 15.1 Å². The highest BCUT2D eigenvalue weighted by Crippen LogP contribution is 2.39. The number of aromatic hydroxyl groups is 1. The number of fused-ring (bicyclic) bond motifs is 1. The van der Waals surface area contributed by atoms with Gasteiger partial charge in [-0.3, -0.25) is 0 Å². The minimum Gasteiger partial charge on any atom is -0.508 e. The minimum atomic E-state index is -3.23. The molecule has 0 spiro atoms. The molecule has 1 N–H and O–H groups in total. The zero-order valence-corrected chi connectivity index (χ0v) is 19.2. The zero-order valence-electron chi connectivity index (χ0n) is 18.4. The first kappa shape index (κ1) is 22.6. The van der Waals surface area contributed by atoms with Crippen molar-refractivity contribution in [3.05, 3.63) is 76.9 Å². The molecule has 1 fully saturated rings. The number of hydrogen-bond donors (Lipinski definition) is 1. The van der Waals surface area contributed by atoms with Crippen LogP contribution >= 0.6 is 0 Å². The number of phenolic OH excluding ortho intramolecular Hbond substituents is 1. The number of ether oxygens (including phenoxy) is 2. The summed E-state index contributed by atoms with van der Waals surface area (Å²) in [5, 5.41) is 9.21. The molecule has 1 saturated heterocycles. The Balaban J connectivity index is 1.49. The van der Waals surface area contributed by atoms with Crippen molar-refractivity contribution < 1.29 is 23.0 Å². The fourth-order valence-corrected chi connectivity index (χ4v) is 6.51. The smallest absolute Gasteiger partial charge is 0.163 e. The maximum atomic E-state index is 12.7. The van der Waals surface area contributed by atoms with E-state index in [1.807, 2.05) is 42.5 Å². The van der Waals surface area contributed by atoms with Crippen molar-refractivity contribution in [3.63, 3.8) is 0 Å². The molecule has 0 amide bonds. The molecule has 5 nitrogen and oxygen atoms in total. The Hall–Kier alpha value is -2.57. The zero-order chi connectivity index (χ0) is 22.6. The van der Waals surface area contributed by atoms with Gasteiger partial charge in [0.25, 0.3) is 0 Å². The molecule has 2 aliphatic heterocycles. The fourth-order valence-electron chi connectivity index (χ4n) is 4.58. The predicted octanol–water partition coefficient (Wildman–Crippen LogP) is 4.93. The van der Waals surface area contributed by atoms with Crippen molar-refractivity contribution in [1.82, 2.24) is 0 Å². The van der Waals surface area contributed by atoms with Crippen LogP contribution < -0.4 is 4.74 Å². The summed E-state index contributed by atoms with van der Waals surface area (Å²) in [5.74, 6) is 1.04. The number of para-hydroxylation sites is 1. The van der Waals surface area contributed by atoms with Crippen molar-refractivity contribution in [2.75, 3.05) is 19.0 Å². The molecule has 2 heterocycles. The first-order chi connectivity index (χ1) is 15.5. The maximum absolute atomic E-state index is 12.7. The number of benzene rings is 2. The van der Waals surface area contributed by atoms with E-state index in [0.29, 0.717) is 0 Å². The Morgan fingerprint density at radius 3 is 2.72 bits per heavy atom. The summed E-state index contributed by atoms with van der Waals surface area (Å²) in [6, 6.07) is 16.7. The van der Waals surface area contributed by atoms with Gasteiger partial charge in [0.15, 0.2) is 9.84 Å². The summed E-state index contributed by atoms with van der Waals surface area (Å²) in [7, 11) is -3.23. The lowest BCUT2D eigenvalue weighted by Gasteiger charge is -2.16. The molecular formula is C26H30O5S. The third-order valence-corrected chi connectivity index (χ3v) is 8.06. The molecule has 0 unspecified atom stereocenters. The van der Waals surface area contributed by atoms with E-state index in [1.165, 1.54) is 5.57 Å². The molecule has 2 aromatic rings. The molecule has 2 atom stereocenters. The summed E-state index contributed by atoms with van der Waals surface area (Å²) in [4.78, 5) is 0. The molecule has 0 aromatic heterocycles. The topological polar surface area (TPSA) is 72.8 Å². The normalized spacial score (nSPS) is 22.2. The third kappa shape index (κ3) is 5.25. The molecule has 2 aromatic carbocycles. The number of sulfone groups is 1. The highest BCUT2D eigenvalue weighted by atomic mass is 32.2.